The molecule has 374 valence electrons. The number of fused-ring (bicyclic) bond motifs is 15. The Balaban J connectivity index is 0.810. The fraction of sp³-hybridized carbons (Fsp3) is 0.0685. The van der Waals surface area contributed by atoms with Gasteiger partial charge in [-0.3, -0.25) is 0 Å². The van der Waals surface area contributed by atoms with E-state index in [1.165, 1.54) is 135 Å². The Bertz CT molecular complexity index is 4870. The summed E-state index contributed by atoms with van der Waals surface area (Å²) in [6, 6.07) is 79.3. The third-order valence-corrected chi connectivity index (χ3v) is 19.4. The second-order valence-corrected chi connectivity index (χ2v) is 23.7. The summed E-state index contributed by atoms with van der Waals surface area (Å²) in [7, 11) is 0. The first-order chi connectivity index (χ1) is 39.1. The topological polar surface area (TPSA) is 19.7 Å². The Morgan fingerprint density at radius 1 is 0.392 bits per heavy atom. The molecule has 0 saturated heterocycles. The lowest BCUT2D eigenvalue weighted by molar-refractivity contribution is 0.733. The van der Waals surface area contributed by atoms with E-state index >= 15 is 0 Å². The van der Waals surface area contributed by atoms with E-state index in [4.69, 9.17) is 0 Å². The van der Waals surface area contributed by atoms with Gasteiger partial charge in [0.2, 0.25) is 0 Å². The summed E-state index contributed by atoms with van der Waals surface area (Å²) < 4.78 is 15.3. The van der Waals surface area contributed by atoms with Crippen LogP contribution in [0.5, 0.6) is 0 Å². The SMILES string of the molecule is CC1C=CC(n2c3c(c4c2c2ccccc2n4-c2ccc(-c4cc(-c5ccc(-n6c7ccccc7c7sc8ccccc8c76)cc5)cc(-c5ccc(-n6c7ccccc7c7sc8ccccc8c76)cc5)c4)cc2)C=CCC3)=CC1. The molecule has 4 nitrogen and oxygen atoms in total. The van der Waals surface area contributed by atoms with Crippen molar-refractivity contribution in [3.8, 4) is 50.4 Å². The fourth-order valence-electron chi connectivity index (χ4n) is 13.3. The summed E-state index contributed by atoms with van der Waals surface area (Å²) in [5.41, 5.74) is 23.4. The molecule has 0 bridgehead atoms. The van der Waals surface area contributed by atoms with Crippen molar-refractivity contribution in [3.63, 3.8) is 0 Å². The minimum absolute atomic E-state index is 0.550. The van der Waals surface area contributed by atoms with Gasteiger partial charge in [-0.2, -0.15) is 0 Å². The average Bonchev–Trinajstić information content (AvgIpc) is 3.93. The molecule has 0 radical (unpaired) electrons. The molecule has 0 amide bonds. The van der Waals surface area contributed by atoms with Crippen LogP contribution in [0.3, 0.4) is 0 Å². The van der Waals surface area contributed by atoms with Gasteiger partial charge in [0.25, 0.3) is 0 Å². The second kappa shape index (κ2) is 17.4. The predicted molar refractivity (Wildman–Crippen MR) is 339 cm³/mol. The number of aromatic nitrogens is 4. The molecule has 17 rings (SSSR count). The number of hydrogen-bond acceptors (Lipinski definition) is 2. The number of hydrogen-bond donors (Lipinski definition) is 0. The van der Waals surface area contributed by atoms with E-state index in [0.717, 1.165) is 36.3 Å². The van der Waals surface area contributed by atoms with Crippen LogP contribution >= 0.6 is 22.7 Å². The van der Waals surface area contributed by atoms with E-state index < -0.39 is 0 Å². The molecule has 6 heteroatoms. The lowest BCUT2D eigenvalue weighted by Gasteiger charge is -2.18. The maximum absolute atomic E-state index is 2.58. The van der Waals surface area contributed by atoms with Crippen LogP contribution in [0, 0.1) is 5.92 Å². The Hall–Kier alpha value is -9.20. The van der Waals surface area contributed by atoms with E-state index in [2.05, 4.69) is 268 Å². The van der Waals surface area contributed by atoms with Crippen LogP contribution in [0.2, 0.25) is 0 Å². The van der Waals surface area contributed by atoms with Crippen molar-refractivity contribution in [3.05, 3.63) is 248 Å². The maximum Gasteiger partial charge on any atom is 0.0801 e. The van der Waals surface area contributed by atoms with Crippen molar-refractivity contribution in [2.45, 2.75) is 26.2 Å². The first kappa shape index (κ1) is 44.9. The van der Waals surface area contributed by atoms with Crippen molar-refractivity contribution >= 4 is 119 Å². The van der Waals surface area contributed by atoms with Crippen LogP contribution < -0.4 is 0 Å². The zero-order valence-electron chi connectivity index (χ0n) is 43.4. The first-order valence-electron chi connectivity index (χ1n) is 27.6. The van der Waals surface area contributed by atoms with Gasteiger partial charge in [-0.1, -0.05) is 159 Å². The van der Waals surface area contributed by atoms with Crippen LogP contribution in [0.4, 0.5) is 0 Å². The Morgan fingerprint density at radius 3 is 1.30 bits per heavy atom. The quantitative estimate of drug-likeness (QED) is 0.152. The number of rotatable bonds is 7. The van der Waals surface area contributed by atoms with Gasteiger partial charge < -0.3 is 18.3 Å². The van der Waals surface area contributed by atoms with Gasteiger partial charge in [-0.15, -0.1) is 22.7 Å². The zero-order chi connectivity index (χ0) is 51.9. The highest BCUT2D eigenvalue weighted by molar-refractivity contribution is 7.27. The van der Waals surface area contributed by atoms with Gasteiger partial charge >= 0.3 is 0 Å². The van der Waals surface area contributed by atoms with Gasteiger partial charge in [-0.05, 0) is 150 Å². The molecule has 0 spiro atoms. The number of para-hydroxylation sites is 3. The van der Waals surface area contributed by atoms with Gasteiger partial charge in [-0.25, -0.2) is 0 Å². The van der Waals surface area contributed by atoms with Crippen molar-refractivity contribution in [2.24, 2.45) is 5.92 Å². The molecule has 0 N–H and O–H groups in total. The minimum atomic E-state index is 0.550. The summed E-state index contributed by atoms with van der Waals surface area (Å²) in [5, 5.41) is 6.46. The highest BCUT2D eigenvalue weighted by Crippen LogP contribution is 2.46. The smallest absolute Gasteiger partial charge is 0.0801 e. The zero-order valence-corrected chi connectivity index (χ0v) is 45.0. The molecule has 9 aromatic carbocycles. The largest absolute Gasteiger partial charge is 0.311 e. The van der Waals surface area contributed by atoms with Crippen LogP contribution in [0.25, 0.3) is 147 Å². The third kappa shape index (κ3) is 6.78. The molecule has 0 saturated carbocycles. The summed E-state index contributed by atoms with van der Waals surface area (Å²) in [5.74, 6) is 0.550. The summed E-state index contributed by atoms with van der Waals surface area (Å²) in [6.07, 6.45) is 15.0. The highest BCUT2D eigenvalue weighted by atomic mass is 32.1. The molecular formula is C73H50N4S2. The normalized spacial score (nSPS) is 14.6. The highest BCUT2D eigenvalue weighted by Gasteiger charge is 2.27. The first-order valence-corrected chi connectivity index (χ1v) is 29.2. The van der Waals surface area contributed by atoms with Crippen molar-refractivity contribution < 1.29 is 0 Å². The molecule has 6 heterocycles. The molecular weight excluding hydrogens is 997 g/mol. The van der Waals surface area contributed by atoms with Crippen LogP contribution in [-0.2, 0) is 6.42 Å². The minimum Gasteiger partial charge on any atom is -0.311 e. The molecule has 6 aromatic heterocycles. The number of allylic oxidation sites excluding steroid dienone is 5. The van der Waals surface area contributed by atoms with Gasteiger partial charge in [0.1, 0.15) is 0 Å². The van der Waals surface area contributed by atoms with E-state index in [9.17, 15) is 0 Å². The molecule has 0 fully saturated rings. The fourth-order valence-corrected chi connectivity index (χ4v) is 15.7. The molecule has 2 aliphatic carbocycles. The predicted octanol–water partition coefficient (Wildman–Crippen LogP) is 20.6. The molecule has 1 atom stereocenters. The van der Waals surface area contributed by atoms with Crippen molar-refractivity contribution in [1.29, 1.82) is 0 Å². The average molecular weight is 1050 g/mol. The second-order valence-electron chi connectivity index (χ2n) is 21.6. The van der Waals surface area contributed by atoms with E-state index in [-0.39, 0.29) is 0 Å². The molecule has 1 unspecified atom stereocenters. The Kier molecular flexibility index (Phi) is 9.89. The molecule has 2 aliphatic rings. The number of benzene rings is 9. The van der Waals surface area contributed by atoms with Crippen LogP contribution in [0.15, 0.2) is 237 Å². The lowest BCUT2D eigenvalue weighted by Crippen LogP contribution is -2.06. The standard InChI is InChI=1S/C73H50N4S2/c1-45-26-34-52(35-27-45)74-62-20-8-2-14-56(62)69-68(74)57-15-3-9-21-63(57)75(69)53-36-28-46(29-37-53)49-42-50(47-30-38-54(39-31-47)76-64-22-10-4-16-58(64)72-70(76)60-18-6-12-24-66(60)78-72)44-51(43-49)48-32-40-55(41-33-48)77-65-23-11-5-17-59(65)73-71(77)61-19-7-13-25-67(61)79-73/h2-7,9-19,21-26,28-45H,8,20,27H2,1H3. The third-order valence-electron chi connectivity index (χ3n) is 17.0. The monoisotopic (exact) mass is 1050 g/mol. The van der Waals surface area contributed by atoms with Gasteiger partial charge in [0.05, 0.1) is 48.0 Å². The number of nitrogens with zero attached hydrogens (tertiary/aromatic N) is 4. The van der Waals surface area contributed by atoms with E-state index in [1.807, 2.05) is 22.7 Å². The Labute approximate surface area is 464 Å². The number of thiophene rings is 2. The van der Waals surface area contributed by atoms with Crippen molar-refractivity contribution in [1.82, 2.24) is 18.3 Å². The van der Waals surface area contributed by atoms with E-state index in [1.54, 1.807) is 0 Å². The maximum atomic E-state index is 2.58. The summed E-state index contributed by atoms with van der Waals surface area (Å²) in [4.78, 5) is 0. The lowest BCUT2D eigenvalue weighted by atomic mass is 9.93. The molecule has 0 aliphatic heterocycles. The summed E-state index contributed by atoms with van der Waals surface area (Å²) in [6.45, 7) is 2.30. The van der Waals surface area contributed by atoms with Crippen molar-refractivity contribution in [2.75, 3.05) is 0 Å². The van der Waals surface area contributed by atoms with Crippen LogP contribution in [-0.4, -0.2) is 18.3 Å². The molecule has 79 heavy (non-hydrogen) atoms. The Morgan fingerprint density at radius 2 is 0.823 bits per heavy atom. The van der Waals surface area contributed by atoms with Gasteiger partial charge in [0, 0.05) is 70.3 Å². The van der Waals surface area contributed by atoms with Crippen LogP contribution in [0.1, 0.15) is 31.0 Å². The summed E-state index contributed by atoms with van der Waals surface area (Å²) >= 11 is 3.78. The van der Waals surface area contributed by atoms with E-state index in [0.29, 0.717) is 5.92 Å². The molecule has 15 aromatic rings. The van der Waals surface area contributed by atoms with Gasteiger partial charge in [0.15, 0.2) is 0 Å².